The molecule has 31 heavy (non-hydrogen) atoms. The third kappa shape index (κ3) is 3.96. The molecule has 0 fully saturated rings. The first-order valence-electron chi connectivity index (χ1n) is 9.91. The number of benzene rings is 2. The number of nitrogens with zero attached hydrogens (tertiary/aromatic N) is 1. The molecule has 0 spiro atoms. The molecule has 1 heterocycles. The number of nitrogens with two attached hydrogens (primary N) is 1. The summed E-state index contributed by atoms with van der Waals surface area (Å²) >= 11 is 0. The van der Waals surface area contributed by atoms with E-state index >= 15 is 0 Å². The van der Waals surface area contributed by atoms with Gasteiger partial charge in [0.05, 0.1) is 21.8 Å². The minimum absolute atomic E-state index is 0.0573. The summed E-state index contributed by atoms with van der Waals surface area (Å²) in [6.07, 6.45) is 3.30. The number of sulfonamides is 1. The van der Waals surface area contributed by atoms with Gasteiger partial charge in [-0.05, 0) is 61.9 Å². The van der Waals surface area contributed by atoms with Gasteiger partial charge in [-0.3, -0.25) is 14.3 Å². The summed E-state index contributed by atoms with van der Waals surface area (Å²) in [5, 5.41) is 6.76. The molecule has 0 saturated carbocycles. The van der Waals surface area contributed by atoms with Crippen molar-refractivity contribution in [3.63, 3.8) is 0 Å². The van der Waals surface area contributed by atoms with Crippen molar-refractivity contribution in [3.8, 4) is 11.3 Å². The molecular formula is C22H22N4O4S. The molecule has 0 saturated heterocycles. The van der Waals surface area contributed by atoms with Crippen molar-refractivity contribution < 1.29 is 13.2 Å². The van der Waals surface area contributed by atoms with Crippen molar-refractivity contribution in [1.82, 2.24) is 10.2 Å². The monoisotopic (exact) mass is 438 g/mol. The predicted octanol–water partition coefficient (Wildman–Crippen LogP) is 2.52. The van der Waals surface area contributed by atoms with Gasteiger partial charge in [0.25, 0.3) is 21.5 Å². The maximum atomic E-state index is 13.2. The number of amides is 1. The summed E-state index contributed by atoms with van der Waals surface area (Å²) in [6.45, 7) is 1.69. The normalized spacial score (nSPS) is 13.5. The molecule has 4 rings (SSSR count). The fraction of sp³-hybridized carbons (Fsp3) is 0.227. The third-order valence-corrected chi connectivity index (χ3v) is 6.99. The average molecular weight is 439 g/mol. The van der Waals surface area contributed by atoms with E-state index in [0.29, 0.717) is 23.2 Å². The molecule has 0 bridgehead atoms. The SMILES string of the molecule is Cc1ccc(-c2n[nH]c(=O)c3c2CCCC3)cc1S(=O)(=O)Nc1ccccc1C(N)=O. The molecule has 1 amide bonds. The fourth-order valence-electron chi connectivity index (χ4n) is 3.92. The Kier molecular flexibility index (Phi) is 5.36. The highest BCUT2D eigenvalue weighted by Gasteiger charge is 2.23. The minimum atomic E-state index is -4.02. The summed E-state index contributed by atoms with van der Waals surface area (Å²) in [5.74, 6) is -0.729. The van der Waals surface area contributed by atoms with Gasteiger partial charge >= 0.3 is 0 Å². The minimum Gasteiger partial charge on any atom is -0.366 e. The number of para-hydroxylation sites is 1. The van der Waals surface area contributed by atoms with Crippen molar-refractivity contribution in [2.45, 2.75) is 37.5 Å². The zero-order valence-electron chi connectivity index (χ0n) is 16.9. The summed E-state index contributed by atoms with van der Waals surface area (Å²) in [5.41, 5.74) is 8.67. The second-order valence-corrected chi connectivity index (χ2v) is 9.21. The van der Waals surface area contributed by atoms with Crippen molar-refractivity contribution in [1.29, 1.82) is 0 Å². The van der Waals surface area contributed by atoms with Crippen molar-refractivity contribution in [2.75, 3.05) is 4.72 Å². The number of rotatable bonds is 5. The van der Waals surface area contributed by atoms with Crippen LogP contribution in [0.3, 0.4) is 0 Å². The first-order chi connectivity index (χ1) is 14.8. The lowest BCUT2D eigenvalue weighted by molar-refractivity contribution is 0.100. The van der Waals surface area contributed by atoms with Crippen LogP contribution in [0.25, 0.3) is 11.3 Å². The molecule has 160 valence electrons. The van der Waals surface area contributed by atoms with Crippen LogP contribution < -0.4 is 16.0 Å². The van der Waals surface area contributed by atoms with Gasteiger partial charge in [0.15, 0.2) is 0 Å². The van der Waals surface area contributed by atoms with Crippen molar-refractivity contribution >= 4 is 21.6 Å². The van der Waals surface area contributed by atoms with Crippen LogP contribution >= 0.6 is 0 Å². The Morgan fingerprint density at radius 1 is 1.10 bits per heavy atom. The van der Waals surface area contributed by atoms with Crippen LogP contribution in [0, 0.1) is 6.92 Å². The highest BCUT2D eigenvalue weighted by molar-refractivity contribution is 7.92. The Balaban J connectivity index is 1.79. The molecule has 0 aliphatic heterocycles. The Hall–Kier alpha value is -3.46. The van der Waals surface area contributed by atoms with Crippen LogP contribution in [0.1, 0.15) is 39.9 Å². The number of H-pyrrole nitrogens is 1. The van der Waals surface area contributed by atoms with Gasteiger partial charge in [-0.15, -0.1) is 0 Å². The summed E-state index contributed by atoms with van der Waals surface area (Å²) < 4.78 is 28.8. The number of primary amides is 1. The van der Waals surface area contributed by atoms with Crippen LogP contribution in [0.2, 0.25) is 0 Å². The first kappa shape index (κ1) is 20.8. The van der Waals surface area contributed by atoms with Crippen LogP contribution in [0.15, 0.2) is 52.2 Å². The number of hydrogen-bond acceptors (Lipinski definition) is 5. The van der Waals surface area contributed by atoms with Crippen molar-refractivity contribution in [3.05, 3.63) is 75.1 Å². The molecule has 0 atom stereocenters. The molecule has 2 aromatic carbocycles. The Morgan fingerprint density at radius 3 is 2.55 bits per heavy atom. The quantitative estimate of drug-likeness (QED) is 0.562. The number of carbonyl (C=O) groups excluding carboxylic acids is 1. The molecule has 1 aliphatic carbocycles. The van der Waals surface area contributed by atoms with Crippen LogP contribution in [-0.2, 0) is 22.9 Å². The Bertz CT molecular complexity index is 1350. The number of hydrogen-bond donors (Lipinski definition) is 3. The molecular weight excluding hydrogens is 416 g/mol. The standard InChI is InChI=1S/C22H22N4O4S/c1-13-10-11-14(20-15-6-2-3-7-16(15)22(28)25-24-20)12-19(13)31(29,30)26-18-9-5-4-8-17(18)21(23)27/h4-5,8-12,26H,2-3,6-7H2,1H3,(H2,23,27)(H,25,28). The van der Waals surface area contributed by atoms with E-state index < -0.39 is 15.9 Å². The maximum absolute atomic E-state index is 13.2. The van der Waals surface area contributed by atoms with E-state index in [2.05, 4.69) is 14.9 Å². The fourth-order valence-corrected chi connectivity index (χ4v) is 5.27. The lowest BCUT2D eigenvalue weighted by Crippen LogP contribution is -2.22. The summed E-state index contributed by atoms with van der Waals surface area (Å²) in [6, 6.07) is 11.2. The molecule has 0 radical (unpaired) electrons. The van der Waals surface area contributed by atoms with E-state index in [0.717, 1.165) is 30.4 Å². The van der Waals surface area contributed by atoms with E-state index in [1.807, 2.05) is 0 Å². The molecule has 3 aromatic rings. The van der Waals surface area contributed by atoms with E-state index in [1.54, 1.807) is 37.3 Å². The average Bonchev–Trinajstić information content (AvgIpc) is 2.74. The Morgan fingerprint density at radius 2 is 1.81 bits per heavy atom. The van der Waals surface area contributed by atoms with Gasteiger partial charge in [-0.25, -0.2) is 13.5 Å². The number of anilines is 1. The second-order valence-electron chi connectivity index (χ2n) is 7.56. The summed E-state index contributed by atoms with van der Waals surface area (Å²) in [4.78, 5) is 23.9. The van der Waals surface area contributed by atoms with E-state index in [4.69, 9.17) is 5.73 Å². The van der Waals surface area contributed by atoms with Crippen LogP contribution in [0.5, 0.6) is 0 Å². The van der Waals surface area contributed by atoms with Gasteiger partial charge in [-0.1, -0.05) is 24.3 Å². The highest BCUT2D eigenvalue weighted by atomic mass is 32.2. The zero-order chi connectivity index (χ0) is 22.2. The highest BCUT2D eigenvalue weighted by Crippen LogP contribution is 2.31. The maximum Gasteiger partial charge on any atom is 0.267 e. The van der Waals surface area contributed by atoms with Gasteiger partial charge in [0, 0.05) is 11.1 Å². The molecule has 0 unspecified atom stereocenters. The van der Waals surface area contributed by atoms with E-state index in [1.165, 1.54) is 12.1 Å². The molecule has 4 N–H and O–H groups in total. The lowest BCUT2D eigenvalue weighted by Gasteiger charge is -2.18. The van der Waals surface area contributed by atoms with Crippen LogP contribution in [-0.4, -0.2) is 24.5 Å². The van der Waals surface area contributed by atoms with Gasteiger partial charge in [0.2, 0.25) is 0 Å². The number of carbonyl (C=O) groups is 1. The zero-order valence-corrected chi connectivity index (χ0v) is 17.8. The van der Waals surface area contributed by atoms with Gasteiger partial charge in [-0.2, -0.15) is 5.10 Å². The largest absolute Gasteiger partial charge is 0.366 e. The van der Waals surface area contributed by atoms with Gasteiger partial charge in [0.1, 0.15) is 0 Å². The predicted molar refractivity (Wildman–Crippen MR) is 117 cm³/mol. The lowest BCUT2D eigenvalue weighted by atomic mass is 9.90. The molecule has 1 aromatic heterocycles. The van der Waals surface area contributed by atoms with Gasteiger partial charge < -0.3 is 5.73 Å². The summed E-state index contributed by atoms with van der Waals surface area (Å²) in [7, 11) is -4.02. The third-order valence-electron chi connectivity index (χ3n) is 5.48. The van der Waals surface area contributed by atoms with Crippen molar-refractivity contribution in [2.24, 2.45) is 5.73 Å². The number of aromatic amines is 1. The topological polar surface area (TPSA) is 135 Å². The number of fused-ring (bicyclic) bond motifs is 1. The molecule has 9 heteroatoms. The second kappa shape index (κ2) is 7.99. The smallest absolute Gasteiger partial charge is 0.267 e. The first-order valence-corrected chi connectivity index (χ1v) is 11.4. The Labute approximate surface area is 179 Å². The van der Waals surface area contributed by atoms with E-state index in [-0.39, 0.29) is 21.7 Å². The molecule has 1 aliphatic rings. The number of nitrogens with one attached hydrogen (secondary N) is 2. The van der Waals surface area contributed by atoms with Crippen LogP contribution in [0.4, 0.5) is 5.69 Å². The van der Waals surface area contributed by atoms with E-state index in [9.17, 15) is 18.0 Å². The number of aromatic nitrogens is 2. The number of aryl methyl sites for hydroxylation is 1. The molecule has 8 nitrogen and oxygen atoms in total.